The predicted molar refractivity (Wildman–Crippen MR) is 71.6 cm³/mol. The lowest BCUT2D eigenvalue weighted by Crippen LogP contribution is -2.39. The Hall–Kier alpha value is -2.24. The second kappa shape index (κ2) is 4.13. The van der Waals surface area contributed by atoms with E-state index in [4.69, 9.17) is 0 Å². The van der Waals surface area contributed by atoms with Gasteiger partial charge in [0.05, 0.1) is 17.9 Å². The van der Waals surface area contributed by atoms with E-state index in [0.29, 0.717) is 12.8 Å². The number of fused-ring (bicyclic) bond motifs is 3. The molecule has 1 aromatic rings. The van der Waals surface area contributed by atoms with Gasteiger partial charge in [0.1, 0.15) is 0 Å². The molecule has 4 rings (SSSR count). The van der Waals surface area contributed by atoms with Crippen molar-refractivity contribution in [3.05, 3.63) is 30.1 Å². The fraction of sp³-hybridized carbons (Fsp3) is 0.467. The first kappa shape index (κ1) is 12.5. The molecule has 3 amide bonds. The third-order valence-corrected chi connectivity index (χ3v) is 5.00. The van der Waals surface area contributed by atoms with E-state index in [0.717, 1.165) is 5.56 Å². The highest BCUT2D eigenvalue weighted by Gasteiger charge is 2.64. The Labute approximate surface area is 121 Å². The maximum atomic E-state index is 12.5. The molecule has 21 heavy (non-hydrogen) atoms. The van der Waals surface area contributed by atoms with Crippen molar-refractivity contribution in [1.29, 1.82) is 0 Å². The molecule has 3 aliphatic heterocycles. The molecule has 0 radical (unpaired) electrons. The van der Waals surface area contributed by atoms with Crippen LogP contribution in [0.25, 0.3) is 0 Å². The van der Waals surface area contributed by atoms with Gasteiger partial charge in [-0.15, -0.1) is 0 Å². The second-order valence-corrected chi connectivity index (χ2v) is 5.93. The number of amides is 3. The van der Waals surface area contributed by atoms with Crippen LogP contribution in [-0.2, 0) is 14.4 Å². The molecule has 0 aliphatic carbocycles. The number of rotatable bonds is 1. The highest BCUT2D eigenvalue weighted by Crippen LogP contribution is 2.52. The van der Waals surface area contributed by atoms with E-state index in [-0.39, 0.29) is 35.7 Å². The SMILES string of the molecule is CN1C(=O)[C@@H]2[C@H](C1=O)[C@H](c1cccnc1)N1C(=O)CC[C@@H]21. The van der Waals surface area contributed by atoms with E-state index in [1.807, 2.05) is 6.07 Å². The summed E-state index contributed by atoms with van der Waals surface area (Å²) in [5, 5.41) is 0. The van der Waals surface area contributed by atoms with Crippen LogP contribution in [0.4, 0.5) is 0 Å². The lowest BCUT2D eigenvalue weighted by atomic mass is 9.85. The van der Waals surface area contributed by atoms with Crippen molar-refractivity contribution >= 4 is 17.7 Å². The van der Waals surface area contributed by atoms with Crippen LogP contribution in [-0.4, -0.2) is 45.6 Å². The molecule has 3 aliphatic rings. The standard InChI is InChI=1S/C15H15N3O3/c1-17-14(20)11-9-4-5-10(19)18(9)13(12(11)15(17)21)8-3-2-6-16-7-8/h2-3,6-7,9,11-13H,4-5H2,1H3/t9-,11-,12-,13-/m0/s1. The van der Waals surface area contributed by atoms with Crippen molar-refractivity contribution in [2.24, 2.45) is 11.8 Å². The molecule has 1 aromatic heterocycles. The van der Waals surface area contributed by atoms with Gasteiger partial charge < -0.3 is 4.90 Å². The van der Waals surface area contributed by atoms with E-state index < -0.39 is 5.92 Å². The molecule has 3 saturated heterocycles. The number of nitrogens with zero attached hydrogens (tertiary/aromatic N) is 3. The summed E-state index contributed by atoms with van der Waals surface area (Å²) in [6.07, 6.45) is 4.46. The number of imide groups is 1. The van der Waals surface area contributed by atoms with Gasteiger partial charge >= 0.3 is 0 Å². The molecule has 6 heteroatoms. The first-order chi connectivity index (χ1) is 10.1. The molecule has 108 valence electrons. The van der Waals surface area contributed by atoms with E-state index >= 15 is 0 Å². The Morgan fingerprint density at radius 2 is 1.95 bits per heavy atom. The fourth-order valence-corrected chi connectivity index (χ4v) is 4.13. The fourth-order valence-electron chi connectivity index (χ4n) is 4.13. The second-order valence-electron chi connectivity index (χ2n) is 5.93. The molecular weight excluding hydrogens is 270 g/mol. The Morgan fingerprint density at radius 3 is 2.67 bits per heavy atom. The van der Waals surface area contributed by atoms with Gasteiger partial charge in [-0.2, -0.15) is 0 Å². The maximum Gasteiger partial charge on any atom is 0.235 e. The van der Waals surface area contributed by atoms with Crippen molar-refractivity contribution < 1.29 is 14.4 Å². The normalized spacial score (nSPS) is 34.6. The quantitative estimate of drug-likeness (QED) is 0.698. The number of hydrogen-bond donors (Lipinski definition) is 0. The molecule has 4 heterocycles. The van der Waals surface area contributed by atoms with Crippen LogP contribution in [0, 0.1) is 11.8 Å². The van der Waals surface area contributed by atoms with E-state index in [2.05, 4.69) is 4.98 Å². The van der Waals surface area contributed by atoms with Gasteiger partial charge in [0.15, 0.2) is 0 Å². The zero-order chi connectivity index (χ0) is 14.7. The summed E-state index contributed by atoms with van der Waals surface area (Å²) >= 11 is 0. The summed E-state index contributed by atoms with van der Waals surface area (Å²) in [5.74, 6) is -1.14. The van der Waals surface area contributed by atoms with Crippen LogP contribution in [0.1, 0.15) is 24.4 Å². The summed E-state index contributed by atoms with van der Waals surface area (Å²) < 4.78 is 0. The van der Waals surface area contributed by atoms with Crippen LogP contribution in [0.3, 0.4) is 0 Å². The van der Waals surface area contributed by atoms with Crippen molar-refractivity contribution in [2.45, 2.75) is 24.9 Å². The highest BCUT2D eigenvalue weighted by atomic mass is 16.2. The van der Waals surface area contributed by atoms with Crippen molar-refractivity contribution in [2.75, 3.05) is 7.05 Å². The van der Waals surface area contributed by atoms with Crippen LogP contribution >= 0.6 is 0 Å². The van der Waals surface area contributed by atoms with Crippen molar-refractivity contribution in [3.8, 4) is 0 Å². The Morgan fingerprint density at radius 1 is 1.19 bits per heavy atom. The van der Waals surface area contributed by atoms with Gasteiger partial charge in [-0.25, -0.2) is 0 Å². The smallest absolute Gasteiger partial charge is 0.235 e. The van der Waals surface area contributed by atoms with E-state index in [9.17, 15) is 14.4 Å². The average Bonchev–Trinajstić information content (AvgIpc) is 3.09. The van der Waals surface area contributed by atoms with Crippen LogP contribution in [0.5, 0.6) is 0 Å². The Bertz CT molecular complexity index is 645. The molecular formula is C15H15N3O3. The van der Waals surface area contributed by atoms with E-state index in [1.54, 1.807) is 23.4 Å². The van der Waals surface area contributed by atoms with Gasteiger partial charge in [-0.05, 0) is 18.1 Å². The molecule has 0 N–H and O–H groups in total. The highest BCUT2D eigenvalue weighted by molar-refractivity contribution is 6.07. The summed E-state index contributed by atoms with van der Waals surface area (Å²) in [7, 11) is 1.53. The lowest BCUT2D eigenvalue weighted by molar-refractivity contribution is -0.140. The van der Waals surface area contributed by atoms with Crippen LogP contribution < -0.4 is 0 Å². The number of pyridine rings is 1. The number of aromatic nitrogens is 1. The summed E-state index contributed by atoms with van der Waals surface area (Å²) in [5.41, 5.74) is 0.835. The Balaban J connectivity index is 1.85. The molecule has 4 atom stereocenters. The molecule has 0 spiro atoms. The van der Waals surface area contributed by atoms with Crippen molar-refractivity contribution in [3.63, 3.8) is 0 Å². The number of carbonyl (C=O) groups is 3. The molecule has 6 nitrogen and oxygen atoms in total. The monoisotopic (exact) mass is 285 g/mol. The van der Waals surface area contributed by atoms with Gasteiger partial charge in [0.2, 0.25) is 17.7 Å². The van der Waals surface area contributed by atoms with Crippen LogP contribution in [0.15, 0.2) is 24.5 Å². The molecule has 0 unspecified atom stereocenters. The van der Waals surface area contributed by atoms with Crippen LogP contribution in [0.2, 0.25) is 0 Å². The molecule has 0 bridgehead atoms. The molecule has 3 fully saturated rings. The predicted octanol–water partition coefficient (Wildman–Crippen LogP) is 0.358. The summed E-state index contributed by atoms with van der Waals surface area (Å²) in [6.45, 7) is 0. The third kappa shape index (κ3) is 1.47. The van der Waals surface area contributed by atoms with Gasteiger partial charge in [0.25, 0.3) is 0 Å². The van der Waals surface area contributed by atoms with Crippen molar-refractivity contribution in [1.82, 2.24) is 14.8 Å². The molecule has 0 aromatic carbocycles. The summed E-state index contributed by atoms with van der Waals surface area (Å²) in [6, 6.07) is 3.17. The largest absolute Gasteiger partial charge is 0.331 e. The topological polar surface area (TPSA) is 70.6 Å². The van der Waals surface area contributed by atoms with Gasteiger partial charge in [-0.1, -0.05) is 6.07 Å². The number of hydrogen-bond acceptors (Lipinski definition) is 4. The zero-order valence-electron chi connectivity index (χ0n) is 11.6. The Kier molecular flexibility index (Phi) is 2.46. The summed E-state index contributed by atoms with van der Waals surface area (Å²) in [4.78, 5) is 44.2. The van der Waals surface area contributed by atoms with Gasteiger partial charge in [0, 0.05) is 31.9 Å². The third-order valence-electron chi connectivity index (χ3n) is 5.00. The first-order valence-electron chi connectivity index (χ1n) is 7.14. The van der Waals surface area contributed by atoms with E-state index in [1.165, 1.54) is 11.9 Å². The minimum atomic E-state index is -0.457. The zero-order valence-corrected chi connectivity index (χ0v) is 11.6. The van der Waals surface area contributed by atoms with Gasteiger partial charge in [-0.3, -0.25) is 24.3 Å². The number of carbonyl (C=O) groups excluding carboxylic acids is 3. The molecule has 0 saturated carbocycles. The number of likely N-dealkylation sites (tertiary alicyclic amines) is 1. The minimum absolute atomic E-state index is 0.0338. The first-order valence-corrected chi connectivity index (χ1v) is 7.14. The minimum Gasteiger partial charge on any atom is -0.331 e. The average molecular weight is 285 g/mol. The lowest BCUT2D eigenvalue weighted by Gasteiger charge is -2.28. The maximum absolute atomic E-state index is 12.5.